The lowest BCUT2D eigenvalue weighted by molar-refractivity contribution is 0.0602. The number of nitrogens with zero attached hydrogens (tertiary/aromatic N) is 2. The summed E-state index contributed by atoms with van der Waals surface area (Å²) in [7, 11) is 1.84. The molecule has 0 aromatic heterocycles. The predicted octanol–water partition coefficient (Wildman–Crippen LogP) is -1.77. The summed E-state index contributed by atoms with van der Waals surface area (Å²) in [6, 6.07) is -0.133. The van der Waals surface area contributed by atoms with E-state index in [4.69, 9.17) is 5.11 Å². The second-order valence-electron chi connectivity index (χ2n) is 2.83. The van der Waals surface area contributed by atoms with E-state index in [0.717, 1.165) is 0 Å². The van der Waals surface area contributed by atoms with E-state index in [1.165, 1.54) is 0 Å². The van der Waals surface area contributed by atoms with Crippen molar-refractivity contribution in [3.63, 3.8) is 0 Å². The van der Waals surface area contributed by atoms with Crippen LogP contribution in [0.4, 0.5) is 0 Å². The van der Waals surface area contributed by atoms with Crippen LogP contribution in [0.2, 0.25) is 0 Å². The smallest absolute Gasteiger partial charge is 0.127 e. The van der Waals surface area contributed by atoms with Gasteiger partial charge in [-0.2, -0.15) is 0 Å². The maximum absolute atomic E-state index is 9.44. The topological polar surface area (TPSA) is 68.1 Å². The van der Waals surface area contributed by atoms with Crippen LogP contribution in [0.15, 0.2) is 4.99 Å². The number of likely N-dealkylation sites (N-methyl/N-ethyl adjacent to an activating group) is 1. The van der Waals surface area contributed by atoms with Gasteiger partial charge in [-0.25, -0.2) is 0 Å². The highest BCUT2D eigenvalue weighted by Gasteiger charge is 2.22. The van der Waals surface area contributed by atoms with Gasteiger partial charge >= 0.3 is 0 Å². The normalized spacial score (nSPS) is 29.7. The molecule has 0 aliphatic carbocycles. The third-order valence-corrected chi connectivity index (χ3v) is 1.94. The van der Waals surface area contributed by atoms with E-state index in [1.54, 1.807) is 6.21 Å². The van der Waals surface area contributed by atoms with E-state index in [2.05, 4.69) is 10.3 Å². The number of aliphatic imine (C=N–C) groups is 1. The van der Waals surface area contributed by atoms with Gasteiger partial charge in [-0.3, -0.25) is 15.2 Å². The average molecular weight is 173 g/mol. The third-order valence-electron chi connectivity index (χ3n) is 1.94. The van der Waals surface area contributed by atoms with E-state index in [-0.39, 0.29) is 12.6 Å². The standard InChI is InChI=1S/C7H15N3O2/c1-10(2-3-11)6-4-8-5-9-7(6)12/h4,6-7,9,11-12H,2-3,5H2,1H3. The van der Waals surface area contributed by atoms with E-state index >= 15 is 0 Å². The molecule has 1 rings (SSSR count). The molecule has 12 heavy (non-hydrogen) atoms. The second kappa shape index (κ2) is 4.51. The predicted molar refractivity (Wildman–Crippen MR) is 46.0 cm³/mol. The summed E-state index contributed by atoms with van der Waals surface area (Å²) in [6.07, 6.45) is 1.12. The summed E-state index contributed by atoms with van der Waals surface area (Å²) in [6.45, 7) is 1.09. The van der Waals surface area contributed by atoms with Crippen molar-refractivity contribution in [3.05, 3.63) is 0 Å². The Labute approximate surface area is 71.7 Å². The average Bonchev–Trinajstić information content (AvgIpc) is 2.05. The molecule has 5 heteroatoms. The Kier molecular flexibility index (Phi) is 3.61. The van der Waals surface area contributed by atoms with Gasteiger partial charge in [0.1, 0.15) is 6.23 Å². The van der Waals surface area contributed by atoms with Crippen LogP contribution in [0.3, 0.4) is 0 Å². The number of aliphatic hydroxyl groups excluding tert-OH is 2. The fraction of sp³-hybridized carbons (Fsp3) is 0.857. The lowest BCUT2D eigenvalue weighted by atomic mass is 10.2. The first-order valence-electron chi connectivity index (χ1n) is 3.98. The summed E-state index contributed by atoms with van der Waals surface area (Å²) in [4.78, 5) is 5.84. The minimum atomic E-state index is -0.584. The van der Waals surface area contributed by atoms with Crippen molar-refractivity contribution >= 4 is 6.21 Å². The molecule has 0 saturated heterocycles. The van der Waals surface area contributed by atoms with Crippen LogP contribution in [0.5, 0.6) is 0 Å². The van der Waals surface area contributed by atoms with Crippen molar-refractivity contribution in [3.8, 4) is 0 Å². The molecule has 5 nitrogen and oxygen atoms in total. The lowest BCUT2D eigenvalue weighted by Gasteiger charge is -2.30. The van der Waals surface area contributed by atoms with Crippen LogP contribution >= 0.6 is 0 Å². The molecule has 0 radical (unpaired) electrons. The molecule has 0 amide bonds. The highest BCUT2D eigenvalue weighted by Crippen LogP contribution is 2.01. The van der Waals surface area contributed by atoms with Gasteiger partial charge in [0.05, 0.1) is 19.3 Å². The first-order valence-corrected chi connectivity index (χ1v) is 3.98. The minimum Gasteiger partial charge on any atom is -0.395 e. The zero-order valence-electron chi connectivity index (χ0n) is 7.14. The van der Waals surface area contributed by atoms with Gasteiger partial charge in [-0.05, 0) is 7.05 Å². The molecule has 0 aromatic carbocycles. The Morgan fingerprint density at radius 2 is 2.50 bits per heavy atom. The molecule has 1 heterocycles. The Bertz CT molecular complexity index is 163. The Morgan fingerprint density at radius 3 is 3.08 bits per heavy atom. The molecule has 1 aliphatic heterocycles. The van der Waals surface area contributed by atoms with E-state index in [1.807, 2.05) is 11.9 Å². The summed E-state index contributed by atoms with van der Waals surface area (Å²) in [5.74, 6) is 0. The lowest BCUT2D eigenvalue weighted by Crippen LogP contribution is -2.52. The summed E-state index contributed by atoms with van der Waals surface area (Å²) in [5.41, 5.74) is 0. The molecular weight excluding hydrogens is 158 g/mol. The third kappa shape index (κ3) is 2.25. The monoisotopic (exact) mass is 173 g/mol. The first-order chi connectivity index (χ1) is 5.75. The molecule has 0 aromatic rings. The number of hydrogen-bond acceptors (Lipinski definition) is 5. The van der Waals surface area contributed by atoms with E-state index in [9.17, 15) is 5.11 Å². The highest BCUT2D eigenvalue weighted by atomic mass is 16.3. The van der Waals surface area contributed by atoms with Gasteiger partial charge in [-0.1, -0.05) is 0 Å². The van der Waals surface area contributed by atoms with Crippen LogP contribution in [0, 0.1) is 0 Å². The summed E-state index contributed by atoms with van der Waals surface area (Å²) >= 11 is 0. The van der Waals surface area contributed by atoms with Gasteiger partial charge in [0, 0.05) is 12.8 Å². The zero-order valence-corrected chi connectivity index (χ0v) is 7.14. The van der Waals surface area contributed by atoms with Crippen LogP contribution in [0.1, 0.15) is 0 Å². The molecule has 70 valence electrons. The number of aliphatic hydroxyl groups is 2. The molecule has 3 N–H and O–H groups in total. The van der Waals surface area contributed by atoms with Gasteiger partial charge < -0.3 is 10.2 Å². The quantitative estimate of drug-likeness (QED) is 0.472. The zero-order chi connectivity index (χ0) is 8.97. The molecule has 0 bridgehead atoms. The molecule has 1 aliphatic rings. The van der Waals surface area contributed by atoms with Crippen LogP contribution in [-0.2, 0) is 0 Å². The van der Waals surface area contributed by atoms with Crippen molar-refractivity contribution in [2.75, 3.05) is 26.9 Å². The van der Waals surface area contributed by atoms with Crippen molar-refractivity contribution in [1.29, 1.82) is 0 Å². The summed E-state index contributed by atoms with van der Waals surface area (Å²) < 4.78 is 0. The highest BCUT2D eigenvalue weighted by molar-refractivity contribution is 5.65. The molecule has 0 spiro atoms. The van der Waals surface area contributed by atoms with Crippen LogP contribution < -0.4 is 5.32 Å². The van der Waals surface area contributed by atoms with Gasteiger partial charge in [0.15, 0.2) is 0 Å². The first kappa shape index (κ1) is 9.60. The van der Waals surface area contributed by atoms with Crippen molar-refractivity contribution in [2.24, 2.45) is 4.99 Å². The fourth-order valence-corrected chi connectivity index (χ4v) is 1.17. The largest absolute Gasteiger partial charge is 0.395 e. The molecule has 2 unspecified atom stereocenters. The van der Waals surface area contributed by atoms with Crippen molar-refractivity contribution < 1.29 is 10.2 Å². The summed E-state index contributed by atoms with van der Waals surface area (Å²) in [5, 5.41) is 20.9. The number of hydrogen-bond donors (Lipinski definition) is 3. The second-order valence-corrected chi connectivity index (χ2v) is 2.83. The SMILES string of the molecule is CN(CCO)C1C=NCNC1O. The van der Waals surface area contributed by atoms with E-state index < -0.39 is 6.23 Å². The Hall–Kier alpha value is -0.490. The van der Waals surface area contributed by atoms with Crippen molar-refractivity contribution in [2.45, 2.75) is 12.3 Å². The van der Waals surface area contributed by atoms with E-state index in [0.29, 0.717) is 13.2 Å². The molecule has 2 atom stereocenters. The number of rotatable bonds is 3. The van der Waals surface area contributed by atoms with Gasteiger partial charge in [0.25, 0.3) is 0 Å². The molecule has 0 fully saturated rings. The van der Waals surface area contributed by atoms with Crippen LogP contribution in [-0.4, -0.2) is 60.5 Å². The maximum atomic E-state index is 9.44. The minimum absolute atomic E-state index is 0.0908. The van der Waals surface area contributed by atoms with Gasteiger partial charge in [-0.15, -0.1) is 0 Å². The molecule has 0 saturated carbocycles. The molecular formula is C7H15N3O2. The van der Waals surface area contributed by atoms with Crippen LogP contribution in [0.25, 0.3) is 0 Å². The van der Waals surface area contributed by atoms with Gasteiger partial charge in [0.2, 0.25) is 0 Å². The van der Waals surface area contributed by atoms with Crippen molar-refractivity contribution in [1.82, 2.24) is 10.2 Å². The Balaban J connectivity index is 2.47. The number of nitrogens with one attached hydrogen (secondary N) is 1. The fourth-order valence-electron chi connectivity index (χ4n) is 1.17. The Morgan fingerprint density at radius 1 is 1.75 bits per heavy atom. The maximum Gasteiger partial charge on any atom is 0.127 e.